The van der Waals surface area contributed by atoms with Crippen LogP contribution in [0.3, 0.4) is 0 Å². The zero-order valence-corrected chi connectivity index (χ0v) is 41.9. The van der Waals surface area contributed by atoms with Gasteiger partial charge < -0.3 is 14.7 Å². The Labute approximate surface area is 410 Å². The second-order valence-corrected chi connectivity index (χ2v) is 22.9. The molecular formula is C64H63BN4. The minimum absolute atomic E-state index is 0.00589. The van der Waals surface area contributed by atoms with Crippen LogP contribution in [-0.2, 0) is 16.2 Å². The van der Waals surface area contributed by atoms with Crippen LogP contribution < -0.4 is 31.1 Å². The highest BCUT2D eigenvalue weighted by Crippen LogP contribution is 2.62. The summed E-state index contributed by atoms with van der Waals surface area (Å²) in [4.78, 5) is 12.4. The molecule has 1 aliphatic carbocycles. The summed E-state index contributed by atoms with van der Waals surface area (Å²) in [6, 6.07) is 60.7. The van der Waals surface area contributed by atoms with Gasteiger partial charge in [0.05, 0.1) is 11.2 Å². The van der Waals surface area contributed by atoms with Gasteiger partial charge in [0.25, 0.3) is 6.71 Å². The first-order valence-corrected chi connectivity index (χ1v) is 25.3. The zero-order chi connectivity index (χ0) is 47.6. The number of aromatic nitrogens is 1. The Morgan fingerprint density at radius 3 is 1.90 bits per heavy atom. The van der Waals surface area contributed by atoms with Gasteiger partial charge in [0.2, 0.25) is 0 Å². The fourth-order valence-corrected chi connectivity index (χ4v) is 12.8. The van der Waals surface area contributed by atoms with Crippen molar-refractivity contribution in [2.45, 2.75) is 110 Å². The van der Waals surface area contributed by atoms with Crippen molar-refractivity contribution in [2.24, 2.45) is 0 Å². The van der Waals surface area contributed by atoms with E-state index in [9.17, 15) is 0 Å². The largest absolute Gasteiger partial charge is 0.334 e. The van der Waals surface area contributed by atoms with Crippen molar-refractivity contribution in [2.75, 3.05) is 14.7 Å². The van der Waals surface area contributed by atoms with Crippen molar-refractivity contribution in [1.82, 2.24) is 4.98 Å². The highest BCUT2D eigenvalue weighted by molar-refractivity contribution is 7.00. The summed E-state index contributed by atoms with van der Waals surface area (Å²) in [5.41, 5.74) is 24.0. The lowest BCUT2D eigenvalue weighted by Gasteiger charge is -2.50. The van der Waals surface area contributed by atoms with Crippen molar-refractivity contribution in [1.29, 1.82) is 0 Å². The Morgan fingerprint density at radius 2 is 1.16 bits per heavy atom. The van der Waals surface area contributed by atoms with E-state index >= 15 is 0 Å². The molecule has 69 heavy (non-hydrogen) atoms. The molecule has 0 radical (unpaired) electrons. The third kappa shape index (κ3) is 6.67. The van der Waals surface area contributed by atoms with Gasteiger partial charge in [-0.15, -0.1) is 0 Å². The van der Waals surface area contributed by atoms with Gasteiger partial charge in [-0.2, -0.15) is 0 Å². The van der Waals surface area contributed by atoms with Crippen LogP contribution in [0.2, 0.25) is 0 Å². The van der Waals surface area contributed by atoms with Crippen LogP contribution in [0.1, 0.15) is 103 Å². The summed E-state index contributed by atoms with van der Waals surface area (Å²) < 4.78 is 0. The van der Waals surface area contributed by atoms with Crippen LogP contribution >= 0.6 is 0 Å². The molecule has 7 aromatic carbocycles. The van der Waals surface area contributed by atoms with E-state index in [4.69, 9.17) is 0 Å². The summed E-state index contributed by atoms with van der Waals surface area (Å²) >= 11 is 0. The number of anilines is 8. The summed E-state index contributed by atoms with van der Waals surface area (Å²) in [6.07, 6.45) is 8.63. The number of pyridine rings is 1. The molecule has 1 fully saturated rings. The Hall–Kier alpha value is -6.85. The number of aryl methyl sites for hydroxylation is 1. The highest BCUT2D eigenvalue weighted by Gasteiger charge is 2.58. The van der Waals surface area contributed by atoms with Crippen LogP contribution in [-0.4, -0.2) is 17.2 Å². The lowest BCUT2D eigenvalue weighted by atomic mass is 9.33. The van der Waals surface area contributed by atoms with Gasteiger partial charge in [-0.25, -0.2) is 0 Å². The first-order chi connectivity index (χ1) is 33.1. The first-order valence-electron chi connectivity index (χ1n) is 25.3. The van der Waals surface area contributed by atoms with Crippen LogP contribution in [0, 0.1) is 6.92 Å². The number of para-hydroxylation sites is 1. The number of nitrogens with zero attached hydrogens (tertiary/aromatic N) is 4. The third-order valence-corrected chi connectivity index (χ3v) is 16.6. The predicted molar refractivity (Wildman–Crippen MR) is 294 cm³/mol. The van der Waals surface area contributed by atoms with Gasteiger partial charge in [0.1, 0.15) is 0 Å². The molecule has 0 N–H and O–H groups in total. The molecule has 2 atom stereocenters. The maximum Gasteiger partial charge on any atom is 0.252 e. The van der Waals surface area contributed by atoms with Crippen LogP contribution in [0.15, 0.2) is 170 Å². The standard InChI is InChI=1S/C64H63BN4/c1-42-36-58-60-59(37-42)68(54-32-26-47(62(5,6)7)39-50(54)43-18-11-10-12-19-43)56-22-14-13-21-52(56)65(60)53-30-29-49(40-57(53)67(58)48-27-24-46(25-28-48)61(2,3)4)69-55-31-23-44(45-20-17-35-66-41-45)38-51(55)63(8)33-15-16-34-64(63,69)9/h10-14,17-32,35-41H,15-16,33-34H2,1-9H3. The number of benzene rings is 7. The Bertz CT molecular complexity index is 3310. The van der Waals surface area contributed by atoms with Gasteiger partial charge in [-0.05, 0) is 166 Å². The molecule has 2 unspecified atom stereocenters. The van der Waals surface area contributed by atoms with E-state index in [1.807, 2.05) is 18.5 Å². The van der Waals surface area contributed by atoms with Gasteiger partial charge in [-0.1, -0.05) is 146 Å². The molecule has 4 nitrogen and oxygen atoms in total. The molecule has 0 saturated heterocycles. The number of fused-ring (bicyclic) bond motifs is 7. The average Bonchev–Trinajstić information content (AvgIpc) is 3.56. The summed E-state index contributed by atoms with van der Waals surface area (Å²) in [5, 5.41) is 0. The summed E-state index contributed by atoms with van der Waals surface area (Å²) in [6.45, 7) is 21.3. The molecule has 3 aliphatic heterocycles. The van der Waals surface area contributed by atoms with Crippen molar-refractivity contribution < 1.29 is 0 Å². The minimum atomic E-state index is -0.109. The van der Waals surface area contributed by atoms with Gasteiger partial charge in [0.15, 0.2) is 0 Å². The van der Waals surface area contributed by atoms with Crippen molar-refractivity contribution >= 4 is 68.6 Å². The van der Waals surface area contributed by atoms with E-state index in [-0.39, 0.29) is 28.5 Å². The van der Waals surface area contributed by atoms with E-state index in [1.165, 1.54) is 119 Å². The quantitative estimate of drug-likeness (QED) is 0.161. The fraction of sp³-hybridized carbons (Fsp3) is 0.266. The van der Waals surface area contributed by atoms with Gasteiger partial charge >= 0.3 is 0 Å². The van der Waals surface area contributed by atoms with Crippen molar-refractivity contribution in [3.63, 3.8) is 0 Å². The van der Waals surface area contributed by atoms with E-state index in [1.54, 1.807) is 0 Å². The third-order valence-electron chi connectivity index (χ3n) is 16.6. The smallest absolute Gasteiger partial charge is 0.252 e. The predicted octanol–water partition coefficient (Wildman–Crippen LogP) is 15.1. The highest BCUT2D eigenvalue weighted by atomic mass is 15.3. The molecule has 4 heterocycles. The molecular weight excluding hydrogens is 836 g/mol. The second kappa shape index (κ2) is 15.6. The molecule has 0 bridgehead atoms. The Morgan fingerprint density at radius 1 is 0.507 bits per heavy atom. The first kappa shape index (κ1) is 43.4. The van der Waals surface area contributed by atoms with Crippen molar-refractivity contribution in [3.05, 3.63) is 192 Å². The minimum Gasteiger partial charge on any atom is -0.334 e. The Kier molecular flexibility index (Phi) is 9.81. The van der Waals surface area contributed by atoms with Crippen molar-refractivity contribution in [3.8, 4) is 22.3 Å². The summed E-state index contributed by atoms with van der Waals surface area (Å²) in [5.74, 6) is 0. The van der Waals surface area contributed by atoms with E-state index in [0.717, 1.165) is 12.8 Å². The number of hydrogen-bond acceptors (Lipinski definition) is 4. The molecule has 1 aromatic heterocycles. The molecule has 1 saturated carbocycles. The fourth-order valence-electron chi connectivity index (χ4n) is 12.8. The zero-order valence-electron chi connectivity index (χ0n) is 41.9. The average molecular weight is 899 g/mol. The molecule has 5 heteroatoms. The Balaban J connectivity index is 1.10. The lowest BCUT2D eigenvalue weighted by Crippen LogP contribution is -2.61. The summed E-state index contributed by atoms with van der Waals surface area (Å²) in [7, 11) is 0. The number of hydrogen-bond donors (Lipinski definition) is 0. The van der Waals surface area contributed by atoms with E-state index in [0.29, 0.717) is 0 Å². The van der Waals surface area contributed by atoms with Gasteiger partial charge in [-0.3, -0.25) is 4.98 Å². The lowest BCUT2D eigenvalue weighted by molar-refractivity contribution is 0.195. The topological polar surface area (TPSA) is 22.6 Å². The maximum absolute atomic E-state index is 4.51. The molecule has 12 rings (SSSR count). The van der Waals surface area contributed by atoms with Gasteiger partial charge in [0, 0.05) is 63.2 Å². The molecule has 342 valence electrons. The SMILES string of the molecule is Cc1cc2c3c(c1)N(c1ccc(C(C)(C)C)cc1-c1ccccc1)c1ccccc1B3c1ccc(N3c4ccc(-c5cccnc5)cc4C4(C)CCCCC34C)cc1N2c1ccc(C(C)(C)C)cc1. The maximum atomic E-state index is 4.51. The van der Waals surface area contributed by atoms with E-state index in [2.05, 4.69) is 234 Å². The monoisotopic (exact) mass is 899 g/mol. The molecule has 8 aromatic rings. The van der Waals surface area contributed by atoms with E-state index < -0.39 is 0 Å². The number of rotatable bonds is 5. The van der Waals surface area contributed by atoms with Crippen LogP contribution in [0.5, 0.6) is 0 Å². The van der Waals surface area contributed by atoms with Crippen LogP contribution in [0.4, 0.5) is 45.5 Å². The molecule has 0 amide bonds. The normalized spacial score (nSPS) is 19.1. The molecule has 0 spiro atoms. The second-order valence-electron chi connectivity index (χ2n) is 22.9. The van der Waals surface area contributed by atoms with Crippen LogP contribution in [0.25, 0.3) is 22.3 Å². The molecule has 4 aliphatic rings.